The normalized spacial score (nSPS) is 10.7. The van der Waals surface area contributed by atoms with E-state index in [2.05, 4.69) is 24.8 Å². The van der Waals surface area contributed by atoms with E-state index in [1.54, 1.807) is 0 Å². The van der Waals surface area contributed by atoms with Crippen LogP contribution in [0.2, 0.25) is 0 Å². The van der Waals surface area contributed by atoms with Crippen molar-refractivity contribution in [2.24, 2.45) is 0 Å². The molecule has 0 unspecified atom stereocenters. The first kappa shape index (κ1) is 22.8. The maximum atomic E-state index is 10.4. The number of allylic oxidation sites excluding steroid dienone is 2. The van der Waals surface area contributed by atoms with E-state index >= 15 is 0 Å². The standard InChI is InChI=1S/C22H38O2/c1-2-3-4-5-6-7-8-9-10-11-12-13-14-15-16-17-18-19-20-21-22(23)24/h7-8H,2-6,11-21H2,1H3,(H,23,24). The molecule has 0 heterocycles. The highest BCUT2D eigenvalue weighted by Gasteiger charge is 1.96. The molecule has 1 N–H and O–H groups in total. The number of aliphatic carboxylic acids is 1. The minimum absolute atomic E-state index is 0.328. The molecule has 0 spiro atoms. The van der Waals surface area contributed by atoms with Crippen LogP contribution in [-0.4, -0.2) is 11.1 Å². The molecule has 0 aliphatic carbocycles. The van der Waals surface area contributed by atoms with Crippen molar-refractivity contribution in [3.05, 3.63) is 12.2 Å². The van der Waals surface area contributed by atoms with Gasteiger partial charge in [0.05, 0.1) is 0 Å². The number of hydrogen-bond donors (Lipinski definition) is 1. The van der Waals surface area contributed by atoms with Gasteiger partial charge >= 0.3 is 5.97 Å². The summed E-state index contributed by atoms with van der Waals surface area (Å²) in [6.45, 7) is 2.24. The second kappa shape index (κ2) is 19.8. The fraction of sp³-hybridized carbons (Fsp3) is 0.773. The molecule has 0 aliphatic rings. The van der Waals surface area contributed by atoms with Gasteiger partial charge in [0, 0.05) is 12.8 Å². The van der Waals surface area contributed by atoms with Crippen molar-refractivity contribution in [2.75, 3.05) is 0 Å². The third-order valence-electron chi connectivity index (χ3n) is 4.22. The predicted molar refractivity (Wildman–Crippen MR) is 104 cm³/mol. The third kappa shape index (κ3) is 20.8. The molecule has 0 atom stereocenters. The lowest BCUT2D eigenvalue weighted by atomic mass is 10.1. The Morgan fingerprint density at radius 2 is 1.42 bits per heavy atom. The van der Waals surface area contributed by atoms with Crippen molar-refractivity contribution < 1.29 is 9.90 Å². The molecular formula is C22H38O2. The van der Waals surface area contributed by atoms with Crippen molar-refractivity contribution >= 4 is 5.97 Å². The molecule has 0 radical (unpaired) electrons. The maximum absolute atomic E-state index is 10.4. The van der Waals surface area contributed by atoms with E-state index in [0.717, 1.165) is 19.3 Å². The van der Waals surface area contributed by atoms with Crippen LogP contribution in [0.3, 0.4) is 0 Å². The van der Waals surface area contributed by atoms with E-state index in [9.17, 15) is 4.79 Å². The van der Waals surface area contributed by atoms with Gasteiger partial charge in [-0.05, 0) is 31.8 Å². The van der Waals surface area contributed by atoms with Gasteiger partial charge in [-0.15, -0.1) is 0 Å². The SMILES string of the molecule is CCCCCCC=CC#CCCCCCCCCCCCC(=O)O. The Morgan fingerprint density at radius 1 is 0.833 bits per heavy atom. The van der Waals surface area contributed by atoms with Crippen LogP contribution in [0.4, 0.5) is 0 Å². The van der Waals surface area contributed by atoms with Crippen molar-refractivity contribution in [2.45, 2.75) is 110 Å². The van der Waals surface area contributed by atoms with Crippen LogP contribution in [-0.2, 0) is 4.79 Å². The lowest BCUT2D eigenvalue weighted by Crippen LogP contribution is -1.93. The van der Waals surface area contributed by atoms with Gasteiger partial charge in [0.15, 0.2) is 0 Å². The Labute approximate surface area is 150 Å². The minimum Gasteiger partial charge on any atom is -0.481 e. The van der Waals surface area contributed by atoms with Crippen molar-refractivity contribution in [3.63, 3.8) is 0 Å². The number of hydrogen-bond acceptors (Lipinski definition) is 1. The van der Waals surface area contributed by atoms with Gasteiger partial charge in [-0.1, -0.05) is 89.0 Å². The summed E-state index contributed by atoms with van der Waals surface area (Å²) >= 11 is 0. The summed E-state index contributed by atoms with van der Waals surface area (Å²) in [4.78, 5) is 10.4. The van der Waals surface area contributed by atoms with Crippen LogP contribution in [0.1, 0.15) is 110 Å². The lowest BCUT2D eigenvalue weighted by molar-refractivity contribution is -0.137. The summed E-state index contributed by atoms with van der Waals surface area (Å²) < 4.78 is 0. The molecule has 0 aliphatic heterocycles. The summed E-state index contributed by atoms with van der Waals surface area (Å²) in [5.74, 6) is 5.71. The second-order valence-corrected chi connectivity index (χ2v) is 6.65. The average Bonchev–Trinajstić information content (AvgIpc) is 2.56. The molecule has 2 heteroatoms. The second-order valence-electron chi connectivity index (χ2n) is 6.65. The molecular weight excluding hydrogens is 296 g/mol. The average molecular weight is 335 g/mol. The molecule has 0 saturated carbocycles. The van der Waals surface area contributed by atoms with Crippen molar-refractivity contribution in [3.8, 4) is 11.8 Å². The predicted octanol–water partition coefficient (Wildman–Crippen LogP) is 6.89. The van der Waals surface area contributed by atoms with Gasteiger partial charge in [0.1, 0.15) is 0 Å². The van der Waals surface area contributed by atoms with Crippen LogP contribution in [0.15, 0.2) is 12.2 Å². The highest BCUT2D eigenvalue weighted by Crippen LogP contribution is 2.11. The number of unbranched alkanes of at least 4 members (excludes halogenated alkanes) is 13. The quantitative estimate of drug-likeness (QED) is 0.246. The molecule has 0 rings (SSSR count). The fourth-order valence-electron chi connectivity index (χ4n) is 2.69. The molecule has 0 aromatic carbocycles. The molecule has 0 aromatic rings. The van der Waals surface area contributed by atoms with E-state index in [1.807, 2.05) is 6.08 Å². The first-order valence-electron chi connectivity index (χ1n) is 10.1. The summed E-state index contributed by atoms with van der Waals surface area (Å²) in [5.41, 5.74) is 0. The van der Waals surface area contributed by atoms with Gasteiger partial charge in [0.25, 0.3) is 0 Å². The van der Waals surface area contributed by atoms with Crippen molar-refractivity contribution in [1.82, 2.24) is 0 Å². The molecule has 0 amide bonds. The molecule has 0 aromatic heterocycles. The molecule has 0 fully saturated rings. The monoisotopic (exact) mass is 334 g/mol. The zero-order valence-corrected chi connectivity index (χ0v) is 15.8. The molecule has 24 heavy (non-hydrogen) atoms. The highest BCUT2D eigenvalue weighted by atomic mass is 16.4. The van der Waals surface area contributed by atoms with Crippen molar-refractivity contribution in [1.29, 1.82) is 0 Å². The Kier molecular flexibility index (Phi) is 18.8. The van der Waals surface area contributed by atoms with Gasteiger partial charge in [0.2, 0.25) is 0 Å². The summed E-state index contributed by atoms with van der Waals surface area (Å²) in [7, 11) is 0. The summed E-state index contributed by atoms with van der Waals surface area (Å²) in [5, 5.41) is 8.54. The number of carboxylic acid groups (broad SMARTS) is 1. The third-order valence-corrected chi connectivity index (χ3v) is 4.22. The maximum Gasteiger partial charge on any atom is 0.303 e. The van der Waals surface area contributed by atoms with E-state index in [-0.39, 0.29) is 0 Å². The number of carboxylic acids is 1. The molecule has 138 valence electrons. The summed E-state index contributed by atoms with van der Waals surface area (Å²) in [6.07, 6.45) is 22.8. The van der Waals surface area contributed by atoms with E-state index in [1.165, 1.54) is 77.0 Å². The van der Waals surface area contributed by atoms with Crippen LogP contribution >= 0.6 is 0 Å². The zero-order chi connectivity index (χ0) is 17.7. The van der Waals surface area contributed by atoms with Gasteiger partial charge in [-0.2, -0.15) is 0 Å². The smallest absolute Gasteiger partial charge is 0.303 e. The Balaban J connectivity index is 3.18. The summed E-state index contributed by atoms with van der Waals surface area (Å²) in [6, 6.07) is 0. The number of rotatable bonds is 16. The van der Waals surface area contributed by atoms with E-state index < -0.39 is 5.97 Å². The first-order chi connectivity index (χ1) is 11.8. The van der Waals surface area contributed by atoms with Crippen LogP contribution < -0.4 is 0 Å². The Bertz CT molecular complexity index is 360. The first-order valence-corrected chi connectivity index (χ1v) is 10.1. The van der Waals surface area contributed by atoms with E-state index in [0.29, 0.717) is 6.42 Å². The fourth-order valence-corrected chi connectivity index (χ4v) is 2.69. The van der Waals surface area contributed by atoms with E-state index in [4.69, 9.17) is 5.11 Å². The van der Waals surface area contributed by atoms with Crippen LogP contribution in [0, 0.1) is 11.8 Å². The van der Waals surface area contributed by atoms with Crippen LogP contribution in [0.25, 0.3) is 0 Å². The molecule has 0 saturated heterocycles. The minimum atomic E-state index is -0.666. The molecule has 2 nitrogen and oxygen atoms in total. The largest absolute Gasteiger partial charge is 0.481 e. The topological polar surface area (TPSA) is 37.3 Å². The number of carbonyl (C=O) groups is 1. The zero-order valence-electron chi connectivity index (χ0n) is 15.8. The molecule has 0 bridgehead atoms. The van der Waals surface area contributed by atoms with Crippen LogP contribution in [0.5, 0.6) is 0 Å². The lowest BCUT2D eigenvalue weighted by Gasteiger charge is -2.01. The Hall–Kier alpha value is -1.23. The van der Waals surface area contributed by atoms with Gasteiger partial charge in [-0.3, -0.25) is 4.79 Å². The Morgan fingerprint density at radius 3 is 2.04 bits per heavy atom. The van der Waals surface area contributed by atoms with Gasteiger partial charge in [-0.25, -0.2) is 0 Å². The highest BCUT2D eigenvalue weighted by molar-refractivity contribution is 5.66. The van der Waals surface area contributed by atoms with Gasteiger partial charge < -0.3 is 5.11 Å².